The maximum Gasteiger partial charge on any atom is 0.127 e. The first-order chi connectivity index (χ1) is 5.81. The van der Waals surface area contributed by atoms with Gasteiger partial charge in [-0.25, -0.2) is 0 Å². The third kappa shape index (κ3) is 1.22. The zero-order chi connectivity index (χ0) is 8.44. The Morgan fingerprint density at radius 1 is 1.42 bits per heavy atom. The quantitative estimate of drug-likeness (QED) is 0.584. The Balaban J connectivity index is 2.11. The van der Waals surface area contributed by atoms with Crippen molar-refractivity contribution in [3.05, 3.63) is 24.4 Å². The Kier molecular flexibility index (Phi) is 1.83. The summed E-state index contributed by atoms with van der Waals surface area (Å²) in [6, 6.07) is 0. The molecule has 2 aliphatic rings. The van der Waals surface area contributed by atoms with Gasteiger partial charge < -0.3 is 4.74 Å². The molecule has 0 atom stereocenters. The monoisotopic (exact) mass is 164 g/mol. The molecular formula is C10H14NO. The highest BCUT2D eigenvalue weighted by Gasteiger charge is 2.34. The fourth-order valence-corrected chi connectivity index (χ4v) is 1.98. The normalized spacial score (nSPS) is 25.9. The minimum atomic E-state index is 0.258. The van der Waals surface area contributed by atoms with E-state index in [-0.39, 0.29) is 5.41 Å². The first kappa shape index (κ1) is 7.71. The number of ether oxygens (including phenoxy) is 1. The lowest BCUT2D eigenvalue weighted by atomic mass is 9.86. The van der Waals surface area contributed by atoms with Crippen LogP contribution in [0.25, 0.3) is 0 Å². The average Bonchev–Trinajstić information content (AvgIpc) is 2.55. The molecule has 1 heterocycles. The molecule has 0 saturated heterocycles. The maximum atomic E-state index is 5.45. The molecule has 0 aromatic rings. The molecule has 1 fully saturated rings. The number of nitrogens with zero attached hydrogens (tertiary/aromatic N) is 1. The van der Waals surface area contributed by atoms with Gasteiger partial charge >= 0.3 is 0 Å². The van der Waals surface area contributed by atoms with Crippen LogP contribution in [0.5, 0.6) is 0 Å². The van der Waals surface area contributed by atoms with Crippen molar-refractivity contribution in [1.82, 2.24) is 5.32 Å². The van der Waals surface area contributed by atoms with Gasteiger partial charge in [0.25, 0.3) is 0 Å². The van der Waals surface area contributed by atoms with Gasteiger partial charge in [-0.1, -0.05) is 19.8 Å². The Labute approximate surface area is 73.3 Å². The van der Waals surface area contributed by atoms with Gasteiger partial charge in [0, 0.05) is 5.41 Å². The summed E-state index contributed by atoms with van der Waals surface area (Å²) in [6.45, 7) is 2.26. The topological polar surface area (TPSA) is 23.3 Å². The highest BCUT2D eigenvalue weighted by molar-refractivity contribution is 5.12. The minimum absolute atomic E-state index is 0.258. The second kappa shape index (κ2) is 2.85. The van der Waals surface area contributed by atoms with E-state index < -0.39 is 0 Å². The SMILES string of the molecule is CC1(C2=C[N]C=CO2)CCCC1. The van der Waals surface area contributed by atoms with Crippen molar-refractivity contribution in [1.29, 1.82) is 0 Å². The second-order valence-corrected chi connectivity index (χ2v) is 3.81. The molecule has 1 radical (unpaired) electrons. The number of rotatable bonds is 1. The van der Waals surface area contributed by atoms with E-state index in [2.05, 4.69) is 12.2 Å². The Hall–Kier alpha value is -0.920. The van der Waals surface area contributed by atoms with Crippen LogP contribution in [0, 0.1) is 5.41 Å². The van der Waals surface area contributed by atoms with Crippen molar-refractivity contribution in [3.8, 4) is 0 Å². The molecule has 0 amide bonds. The predicted molar refractivity (Wildman–Crippen MR) is 47.0 cm³/mol. The van der Waals surface area contributed by atoms with E-state index in [1.165, 1.54) is 25.7 Å². The largest absolute Gasteiger partial charge is 0.466 e. The molecule has 0 spiro atoms. The summed E-state index contributed by atoms with van der Waals surface area (Å²) in [4.78, 5) is 0. The fourth-order valence-electron chi connectivity index (χ4n) is 1.98. The van der Waals surface area contributed by atoms with E-state index >= 15 is 0 Å². The van der Waals surface area contributed by atoms with Crippen molar-refractivity contribution in [2.75, 3.05) is 0 Å². The van der Waals surface area contributed by atoms with Gasteiger partial charge in [-0.15, -0.1) is 0 Å². The van der Waals surface area contributed by atoms with Crippen LogP contribution in [0.15, 0.2) is 24.4 Å². The predicted octanol–water partition coefficient (Wildman–Crippen LogP) is 2.51. The number of allylic oxidation sites excluding steroid dienone is 1. The summed E-state index contributed by atoms with van der Waals surface area (Å²) in [7, 11) is 0. The Morgan fingerprint density at radius 2 is 2.17 bits per heavy atom. The summed E-state index contributed by atoms with van der Waals surface area (Å²) in [5.74, 6) is 1.04. The fraction of sp³-hybridized carbons (Fsp3) is 0.600. The van der Waals surface area contributed by atoms with E-state index in [0.29, 0.717) is 0 Å². The highest BCUT2D eigenvalue weighted by atomic mass is 16.5. The molecule has 0 N–H and O–H groups in total. The lowest BCUT2D eigenvalue weighted by Gasteiger charge is -2.26. The van der Waals surface area contributed by atoms with Gasteiger partial charge in [0.2, 0.25) is 0 Å². The molecule has 0 aromatic heterocycles. The Morgan fingerprint density at radius 3 is 2.75 bits per heavy atom. The van der Waals surface area contributed by atoms with Crippen molar-refractivity contribution in [2.24, 2.45) is 5.41 Å². The lowest BCUT2D eigenvalue weighted by molar-refractivity contribution is 0.210. The van der Waals surface area contributed by atoms with Gasteiger partial charge in [-0.3, -0.25) is 5.32 Å². The highest BCUT2D eigenvalue weighted by Crippen LogP contribution is 2.44. The van der Waals surface area contributed by atoms with E-state index in [1.807, 2.05) is 6.20 Å². The van der Waals surface area contributed by atoms with Crippen molar-refractivity contribution >= 4 is 0 Å². The van der Waals surface area contributed by atoms with Gasteiger partial charge in [-0.2, -0.15) is 0 Å². The van der Waals surface area contributed by atoms with E-state index in [0.717, 1.165) is 5.76 Å². The lowest BCUT2D eigenvalue weighted by Crippen LogP contribution is -2.18. The van der Waals surface area contributed by atoms with E-state index in [1.54, 1.807) is 12.5 Å². The molecule has 2 rings (SSSR count). The molecule has 1 aliphatic carbocycles. The van der Waals surface area contributed by atoms with Crippen LogP contribution in [-0.4, -0.2) is 0 Å². The molecule has 1 aliphatic heterocycles. The summed E-state index contributed by atoms with van der Waals surface area (Å²) < 4.78 is 5.45. The number of hydrogen-bond acceptors (Lipinski definition) is 1. The van der Waals surface area contributed by atoms with Crippen LogP contribution >= 0.6 is 0 Å². The van der Waals surface area contributed by atoms with E-state index in [4.69, 9.17) is 4.74 Å². The van der Waals surface area contributed by atoms with Crippen molar-refractivity contribution < 1.29 is 4.74 Å². The molecule has 2 nitrogen and oxygen atoms in total. The summed E-state index contributed by atoms with van der Waals surface area (Å²) >= 11 is 0. The first-order valence-electron chi connectivity index (χ1n) is 4.54. The molecule has 0 unspecified atom stereocenters. The third-order valence-electron chi connectivity index (χ3n) is 2.84. The van der Waals surface area contributed by atoms with E-state index in [9.17, 15) is 0 Å². The zero-order valence-electron chi connectivity index (χ0n) is 7.42. The van der Waals surface area contributed by atoms with Gasteiger partial charge in [0.05, 0.1) is 12.4 Å². The molecule has 2 heteroatoms. The van der Waals surface area contributed by atoms with Crippen LogP contribution < -0.4 is 5.32 Å². The third-order valence-corrected chi connectivity index (χ3v) is 2.84. The standard InChI is InChI=1S/C10H14NO/c1-10(4-2-3-5-10)9-8-11-6-7-12-9/h6-8H,2-5H2,1H3. The van der Waals surface area contributed by atoms with Crippen LogP contribution in [0.1, 0.15) is 32.6 Å². The zero-order valence-corrected chi connectivity index (χ0v) is 7.42. The summed E-state index contributed by atoms with van der Waals surface area (Å²) in [6.07, 6.45) is 10.3. The van der Waals surface area contributed by atoms with Crippen LogP contribution in [0.3, 0.4) is 0 Å². The first-order valence-corrected chi connectivity index (χ1v) is 4.54. The maximum absolute atomic E-state index is 5.45. The van der Waals surface area contributed by atoms with Crippen LogP contribution in [0.2, 0.25) is 0 Å². The van der Waals surface area contributed by atoms with Crippen LogP contribution in [-0.2, 0) is 4.74 Å². The smallest absolute Gasteiger partial charge is 0.127 e. The second-order valence-electron chi connectivity index (χ2n) is 3.81. The molecular weight excluding hydrogens is 150 g/mol. The summed E-state index contributed by atoms with van der Waals surface area (Å²) in [5.41, 5.74) is 0.258. The average molecular weight is 164 g/mol. The van der Waals surface area contributed by atoms with Crippen LogP contribution in [0.4, 0.5) is 0 Å². The molecule has 12 heavy (non-hydrogen) atoms. The molecule has 65 valence electrons. The molecule has 1 saturated carbocycles. The van der Waals surface area contributed by atoms with Gasteiger partial charge in [-0.05, 0) is 12.8 Å². The Bertz CT molecular complexity index is 224. The van der Waals surface area contributed by atoms with Gasteiger partial charge in [0.15, 0.2) is 0 Å². The number of hydrogen-bond donors (Lipinski definition) is 0. The molecule has 0 bridgehead atoms. The van der Waals surface area contributed by atoms with Crippen molar-refractivity contribution in [3.63, 3.8) is 0 Å². The minimum Gasteiger partial charge on any atom is -0.466 e. The van der Waals surface area contributed by atoms with Crippen molar-refractivity contribution in [2.45, 2.75) is 32.6 Å². The van der Waals surface area contributed by atoms with Gasteiger partial charge in [0.1, 0.15) is 12.0 Å². The summed E-state index contributed by atoms with van der Waals surface area (Å²) in [5, 5.41) is 4.08. The molecule has 0 aromatic carbocycles.